The maximum absolute atomic E-state index is 12.1. The van der Waals surface area contributed by atoms with Crippen LogP contribution in [-0.2, 0) is 4.79 Å². The molecule has 2 amide bonds. The van der Waals surface area contributed by atoms with Gasteiger partial charge in [0.2, 0.25) is 0 Å². The minimum atomic E-state index is -0.926. The Morgan fingerprint density at radius 1 is 1.39 bits per heavy atom. The number of hydrogen-bond donors (Lipinski definition) is 2. The molecule has 1 heterocycles. The molecule has 0 radical (unpaired) electrons. The number of carbonyl (C=O) groups excluding carboxylic acids is 1. The standard InChI is InChI=1S/C12H22N2O3S/c1-7(2)5-13-12(17)14-9(11(15)16)6-18-10(14)8(3)4/h7-10H,5-6H2,1-4H3,(H,13,17)(H,15,16). The van der Waals surface area contributed by atoms with E-state index in [-0.39, 0.29) is 17.3 Å². The van der Waals surface area contributed by atoms with Crippen LogP contribution in [0.2, 0.25) is 0 Å². The highest BCUT2D eigenvalue weighted by atomic mass is 32.2. The van der Waals surface area contributed by atoms with Gasteiger partial charge in [-0.3, -0.25) is 4.90 Å². The van der Waals surface area contributed by atoms with Crippen LogP contribution in [0.5, 0.6) is 0 Å². The van der Waals surface area contributed by atoms with Crippen molar-refractivity contribution in [2.75, 3.05) is 12.3 Å². The average molecular weight is 274 g/mol. The largest absolute Gasteiger partial charge is 0.480 e. The van der Waals surface area contributed by atoms with Crippen molar-refractivity contribution in [3.05, 3.63) is 0 Å². The van der Waals surface area contributed by atoms with Gasteiger partial charge in [0.25, 0.3) is 0 Å². The van der Waals surface area contributed by atoms with E-state index in [1.54, 1.807) is 11.8 Å². The van der Waals surface area contributed by atoms with E-state index in [1.807, 2.05) is 27.7 Å². The van der Waals surface area contributed by atoms with Crippen LogP contribution in [0, 0.1) is 11.8 Å². The fourth-order valence-electron chi connectivity index (χ4n) is 1.87. The zero-order chi connectivity index (χ0) is 13.9. The summed E-state index contributed by atoms with van der Waals surface area (Å²) in [6, 6.07) is -0.977. The molecule has 104 valence electrons. The van der Waals surface area contributed by atoms with E-state index in [2.05, 4.69) is 5.32 Å². The highest BCUT2D eigenvalue weighted by Gasteiger charge is 2.42. The first kappa shape index (κ1) is 15.1. The topological polar surface area (TPSA) is 69.6 Å². The number of carbonyl (C=O) groups is 2. The lowest BCUT2D eigenvalue weighted by atomic mass is 10.1. The summed E-state index contributed by atoms with van der Waals surface area (Å²) in [7, 11) is 0. The monoisotopic (exact) mass is 274 g/mol. The molecule has 0 bridgehead atoms. The zero-order valence-corrected chi connectivity index (χ0v) is 12.2. The van der Waals surface area contributed by atoms with Gasteiger partial charge in [-0.1, -0.05) is 27.7 Å². The normalized spacial score (nSPS) is 23.8. The van der Waals surface area contributed by atoms with Crippen molar-refractivity contribution in [3.63, 3.8) is 0 Å². The molecular formula is C12H22N2O3S. The van der Waals surface area contributed by atoms with Crippen molar-refractivity contribution in [3.8, 4) is 0 Å². The van der Waals surface area contributed by atoms with Crippen LogP contribution in [0.25, 0.3) is 0 Å². The number of urea groups is 1. The molecule has 2 unspecified atom stereocenters. The Balaban J connectivity index is 2.76. The van der Waals surface area contributed by atoms with Crippen LogP contribution in [0.1, 0.15) is 27.7 Å². The van der Waals surface area contributed by atoms with Gasteiger partial charge in [-0.2, -0.15) is 0 Å². The summed E-state index contributed by atoms with van der Waals surface area (Å²) in [5.74, 6) is 0.132. The lowest BCUT2D eigenvalue weighted by molar-refractivity contribution is -0.141. The van der Waals surface area contributed by atoms with Crippen molar-refractivity contribution >= 4 is 23.8 Å². The number of nitrogens with one attached hydrogen (secondary N) is 1. The second-order valence-corrected chi connectivity index (χ2v) is 6.46. The van der Waals surface area contributed by atoms with Gasteiger partial charge in [-0.25, -0.2) is 9.59 Å². The Hall–Kier alpha value is -0.910. The van der Waals surface area contributed by atoms with Crippen molar-refractivity contribution in [2.45, 2.75) is 39.1 Å². The van der Waals surface area contributed by atoms with E-state index in [0.717, 1.165) is 0 Å². The van der Waals surface area contributed by atoms with Crippen LogP contribution in [0.3, 0.4) is 0 Å². The second-order valence-electron chi connectivity index (χ2n) is 5.31. The molecule has 5 nitrogen and oxygen atoms in total. The first-order valence-electron chi connectivity index (χ1n) is 6.25. The fourth-order valence-corrected chi connectivity index (χ4v) is 3.34. The molecule has 1 aliphatic heterocycles. The lowest BCUT2D eigenvalue weighted by Crippen LogP contribution is -2.51. The molecule has 0 aromatic rings. The van der Waals surface area contributed by atoms with Crippen LogP contribution in [0.4, 0.5) is 4.79 Å². The minimum absolute atomic E-state index is 0.0572. The number of nitrogens with zero attached hydrogens (tertiary/aromatic N) is 1. The molecular weight excluding hydrogens is 252 g/mol. The summed E-state index contributed by atoms with van der Waals surface area (Å²) >= 11 is 1.54. The van der Waals surface area contributed by atoms with E-state index in [9.17, 15) is 14.7 Å². The first-order valence-corrected chi connectivity index (χ1v) is 7.30. The summed E-state index contributed by atoms with van der Waals surface area (Å²) in [4.78, 5) is 24.8. The predicted molar refractivity (Wildman–Crippen MR) is 72.6 cm³/mol. The molecule has 1 rings (SSSR count). The van der Waals surface area contributed by atoms with E-state index >= 15 is 0 Å². The second kappa shape index (κ2) is 6.31. The van der Waals surface area contributed by atoms with Gasteiger partial charge < -0.3 is 10.4 Å². The molecule has 0 aromatic heterocycles. The molecule has 0 saturated carbocycles. The summed E-state index contributed by atoms with van der Waals surface area (Å²) in [6.07, 6.45) is 0. The maximum Gasteiger partial charge on any atom is 0.327 e. The number of hydrogen-bond acceptors (Lipinski definition) is 3. The molecule has 1 fully saturated rings. The third kappa shape index (κ3) is 3.54. The quantitative estimate of drug-likeness (QED) is 0.820. The number of thioether (sulfide) groups is 1. The Bertz CT molecular complexity index is 320. The van der Waals surface area contributed by atoms with Crippen LogP contribution < -0.4 is 5.32 Å². The van der Waals surface area contributed by atoms with E-state index in [4.69, 9.17) is 0 Å². The van der Waals surface area contributed by atoms with Gasteiger partial charge in [0.15, 0.2) is 0 Å². The number of carboxylic acid groups (broad SMARTS) is 1. The van der Waals surface area contributed by atoms with Crippen LogP contribution in [-0.4, -0.2) is 45.7 Å². The SMILES string of the molecule is CC(C)CNC(=O)N1C(C(=O)O)CSC1C(C)C. The highest BCUT2D eigenvalue weighted by molar-refractivity contribution is 8.00. The van der Waals surface area contributed by atoms with Gasteiger partial charge in [-0.15, -0.1) is 11.8 Å². The Kier molecular flexibility index (Phi) is 5.31. The molecule has 1 aliphatic rings. The number of carboxylic acids is 1. The summed E-state index contributed by atoms with van der Waals surface area (Å²) in [6.45, 7) is 8.59. The minimum Gasteiger partial charge on any atom is -0.480 e. The molecule has 1 saturated heterocycles. The maximum atomic E-state index is 12.1. The summed E-state index contributed by atoms with van der Waals surface area (Å²) in [5, 5.41) is 11.9. The van der Waals surface area contributed by atoms with Gasteiger partial charge in [0, 0.05) is 12.3 Å². The fraction of sp³-hybridized carbons (Fsp3) is 0.833. The van der Waals surface area contributed by atoms with E-state index in [0.29, 0.717) is 18.2 Å². The van der Waals surface area contributed by atoms with E-state index < -0.39 is 12.0 Å². The third-order valence-electron chi connectivity index (χ3n) is 2.79. The van der Waals surface area contributed by atoms with Crippen molar-refractivity contribution < 1.29 is 14.7 Å². The molecule has 0 spiro atoms. The number of rotatable bonds is 4. The summed E-state index contributed by atoms with van der Waals surface area (Å²) in [5.41, 5.74) is 0. The van der Waals surface area contributed by atoms with Crippen molar-refractivity contribution in [2.24, 2.45) is 11.8 Å². The highest BCUT2D eigenvalue weighted by Crippen LogP contribution is 2.33. The molecule has 0 aliphatic carbocycles. The van der Waals surface area contributed by atoms with Gasteiger partial charge >= 0.3 is 12.0 Å². The van der Waals surface area contributed by atoms with Crippen LogP contribution >= 0.6 is 11.8 Å². The first-order chi connectivity index (χ1) is 8.34. The molecule has 6 heteroatoms. The number of amides is 2. The molecule has 2 N–H and O–H groups in total. The molecule has 2 atom stereocenters. The van der Waals surface area contributed by atoms with Gasteiger partial charge in [0.1, 0.15) is 6.04 Å². The predicted octanol–water partition coefficient (Wildman–Crippen LogP) is 1.84. The Labute approximate surface area is 112 Å². The number of aliphatic carboxylic acids is 1. The van der Waals surface area contributed by atoms with Crippen molar-refractivity contribution in [1.82, 2.24) is 10.2 Å². The Morgan fingerprint density at radius 2 is 2.00 bits per heavy atom. The lowest BCUT2D eigenvalue weighted by Gasteiger charge is -2.30. The zero-order valence-electron chi connectivity index (χ0n) is 11.3. The van der Waals surface area contributed by atoms with Gasteiger partial charge in [0.05, 0.1) is 5.37 Å². The van der Waals surface area contributed by atoms with Crippen LogP contribution in [0.15, 0.2) is 0 Å². The molecule has 0 aromatic carbocycles. The summed E-state index contributed by atoms with van der Waals surface area (Å²) < 4.78 is 0. The smallest absolute Gasteiger partial charge is 0.327 e. The molecule has 18 heavy (non-hydrogen) atoms. The van der Waals surface area contributed by atoms with E-state index in [1.165, 1.54) is 4.90 Å². The average Bonchev–Trinajstić information content (AvgIpc) is 2.70. The van der Waals surface area contributed by atoms with Gasteiger partial charge in [-0.05, 0) is 11.8 Å². The third-order valence-corrected chi connectivity index (χ3v) is 4.41. The Morgan fingerprint density at radius 3 is 2.44 bits per heavy atom. The van der Waals surface area contributed by atoms with Crippen molar-refractivity contribution in [1.29, 1.82) is 0 Å².